The summed E-state index contributed by atoms with van der Waals surface area (Å²) in [5, 5.41) is 0.855. The molecule has 0 bridgehead atoms. The summed E-state index contributed by atoms with van der Waals surface area (Å²) in [7, 11) is -3.43. The zero-order chi connectivity index (χ0) is 19.0. The van der Waals surface area contributed by atoms with Gasteiger partial charge in [0.2, 0.25) is 15.9 Å². The molecule has 1 amide bonds. The van der Waals surface area contributed by atoms with Crippen molar-refractivity contribution in [2.24, 2.45) is 0 Å². The second kappa shape index (κ2) is 7.28. The van der Waals surface area contributed by atoms with Crippen molar-refractivity contribution >= 4 is 26.8 Å². The van der Waals surface area contributed by atoms with Crippen molar-refractivity contribution in [1.29, 1.82) is 0 Å². The highest BCUT2D eigenvalue weighted by Crippen LogP contribution is 2.27. The maximum atomic E-state index is 12.8. The lowest BCUT2D eigenvalue weighted by Gasteiger charge is -2.30. The molecule has 1 aromatic heterocycles. The van der Waals surface area contributed by atoms with E-state index in [0.29, 0.717) is 18.0 Å². The van der Waals surface area contributed by atoms with Crippen molar-refractivity contribution in [2.75, 3.05) is 26.2 Å². The number of hydrogen-bond acceptors (Lipinski definition) is 3. The molecule has 2 aliphatic rings. The van der Waals surface area contributed by atoms with Crippen molar-refractivity contribution in [1.82, 2.24) is 13.8 Å². The number of carbonyl (C=O) groups is 1. The molecule has 27 heavy (non-hydrogen) atoms. The van der Waals surface area contributed by atoms with E-state index >= 15 is 0 Å². The highest BCUT2D eigenvalue weighted by molar-refractivity contribution is 7.89. The number of fused-ring (bicyclic) bond motifs is 1. The highest BCUT2D eigenvalue weighted by atomic mass is 32.2. The van der Waals surface area contributed by atoms with Gasteiger partial charge in [-0.05, 0) is 63.3 Å². The quantitative estimate of drug-likeness (QED) is 0.808. The van der Waals surface area contributed by atoms with E-state index in [1.54, 1.807) is 16.4 Å². The minimum absolute atomic E-state index is 0.140. The smallest absolute Gasteiger partial charge is 0.245 e. The van der Waals surface area contributed by atoms with Crippen LogP contribution in [-0.2, 0) is 14.8 Å². The highest BCUT2D eigenvalue weighted by Gasteiger charge is 2.28. The van der Waals surface area contributed by atoms with Crippen LogP contribution in [0.2, 0.25) is 0 Å². The predicted octanol–water partition coefficient (Wildman–Crippen LogP) is 3.00. The van der Waals surface area contributed by atoms with Crippen LogP contribution in [0.1, 0.15) is 45.1 Å². The molecule has 0 unspecified atom stereocenters. The molecule has 0 N–H and O–H groups in total. The van der Waals surface area contributed by atoms with E-state index in [9.17, 15) is 13.2 Å². The molecule has 0 radical (unpaired) electrons. The largest absolute Gasteiger partial charge is 0.341 e. The van der Waals surface area contributed by atoms with Gasteiger partial charge in [0.15, 0.2) is 0 Å². The third-order valence-corrected chi connectivity index (χ3v) is 7.73. The maximum Gasteiger partial charge on any atom is 0.245 e. The summed E-state index contributed by atoms with van der Waals surface area (Å²) in [6.07, 6.45) is 7.08. The molecule has 1 atom stereocenters. The number of amides is 1. The SMILES string of the molecule is C[C@H](C(=O)N1CCCCC1)n1ccc2cc(S(=O)(=O)N3CCCC3)ccc21. The fourth-order valence-electron chi connectivity index (χ4n) is 4.22. The summed E-state index contributed by atoms with van der Waals surface area (Å²) in [6.45, 7) is 4.79. The summed E-state index contributed by atoms with van der Waals surface area (Å²) >= 11 is 0. The van der Waals surface area contributed by atoms with Crippen LogP contribution in [0.5, 0.6) is 0 Å². The molecule has 6 nitrogen and oxygen atoms in total. The Morgan fingerprint density at radius 2 is 1.63 bits per heavy atom. The first-order chi connectivity index (χ1) is 13.0. The van der Waals surface area contributed by atoms with E-state index in [2.05, 4.69) is 0 Å². The Kier molecular flexibility index (Phi) is 4.99. The molecule has 0 aliphatic carbocycles. The maximum absolute atomic E-state index is 12.8. The molecule has 7 heteroatoms. The molecular weight excluding hydrogens is 362 g/mol. The van der Waals surface area contributed by atoms with Crippen LogP contribution in [0, 0.1) is 0 Å². The van der Waals surface area contributed by atoms with E-state index in [-0.39, 0.29) is 11.9 Å². The fraction of sp³-hybridized carbons (Fsp3) is 0.550. The number of aromatic nitrogens is 1. The van der Waals surface area contributed by atoms with Gasteiger partial charge >= 0.3 is 0 Å². The van der Waals surface area contributed by atoms with E-state index < -0.39 is 10.0 Å². The third kappa shape index (κ3) is 3.38. The molecule has 1 aromatic carbocycles. The summed E-state index contributed by atoms with van der Waals surface area (Å²) in [4.78, 5) is 15.1. The lowest BCUT2D eigenvalue weighted by Crippen LogP contribution is -2.39. The first-order valence-electron chi connectivity index (χ1n) is 9.88. The number of nitrogens with zero attached hydrogens (tertiary/aromatic N) is 3. The van der Waals surface area contributed by atoms with E-state index in [0.717, 1.165) is 49.7 Å². The standard InChI is InChI=1S/C20H27N3O3S/c1-16(20(24)21-10-3-2-4-11-21)23-14-9-17-15-18(7-8-19(17)23)27(25,26)22-12-5-6-13-22/h7-9,14-16H,2-6,10-13H2,1H3/t16-/m1/s1. The van der Waals surface area contributed by atoms with Gasteiger partial charge in [-0.25, -0.2) is 8.42 Å². The topological polar surface area (TPSA) is 62.6 Å². The van der Waals surface area contributed by atoms with Crippen molar-refractivity contribution in [2.45, 2.75) is 50.0 Å². The first-order valence-corrected chi connectivity index (χ1v) is 11.3. The number of benzene rings is 1. The molecule has 2 aromatic rings. The Morgan fingerprint density at radius 3 is 2.33 bits per heavy atom. The molecular formula is C20H27N3O3S. The third-order valence-electron chi connectivity index (χ3n) is 5.84. The molecule has 2 fully saturated rings. The number of hydrogen-bond donors (Lipinski definition) is 0. The average Bonchev–Trinajstić information content (AvgIpc) is 3.37. The summed E-state index contributed by atoms with van der Waals surface area (Å²) < 4.78 is 29.1. The van der Waals surface area contributed by atoms with Gasteiger partial charge in [0, 0.05) is 43.3 Å². The number of piperidine rings is 1. The van der Waals surface area contributed by atoms with Crippen molar-refractivity contribution < 1.29 is 13.2 Å². The van der Waals surface area contributed by atoms with Crippen LogP contribution in [0.15, 0.2) is 35.4 Å². The second-order valence-corrected chi connectivity index (χ2v) is 9.55. The molecule has 0 saturated carbocycles. The van der Waals surface area contributed by atoms with Crippen molar-refractivity contribution in [3.63, 3.8) is 0 Å². The van der Waals surface area contributed by atoms with Gasteiger partial charge in [0.05, 0.1) is 4.90 Å². The van der Waals surface area contributed by atoms with Crippen molar-refractivity contribution in [3.05, 3.63) is 30.5 Å². The molecule has 3 heterocycles. The minimum atomic E-state index is -3.43. The summed E-state index contributed by atoms with van der Waals surface area (Å²) in [5.41, 5.74) is 0.897. The van der Waals surface area contributed by atoms with Crippen LogP contribution in [-0.4, -0.2) is 54.3 Å². The summed E-state index contributed by atoms with van der Waals surface area (Å²) in [6, 6.07) is 6.85. The number of rotatable bonds is 4. The summed E-state index contributed by atoms with van der Waals surface area (Å²) in [5.74, 6) is 0.140. The van der Waals surface area contributed by atoms with Gasteiger partial charge in [-0.1, -0.05) is 0 Å². The Bertz CT molecular complexity index is 939. The Balaban J connectivity index is 1.61. The van der Waals surface area contributed by atoms with E-state index in [1.165, 1.54) is 6.42 Å². The Hall–Kier alpha value is -1.86. The number of carbonyl (C=O) groups excluding carboxylic acids is 1. The van der Waals surface area contributed by atoms with Crippen LogP contribution < -0.4 is 0 Å². The molecule has 2 aliphatic heterocycles. The lowest BCUT2D eigenvalue weighted by molar-refractivity contribution is -0.135. The zero-order valence-corrected chi connectivity index (χ0v) is 16.6. The predicted molar refractivity (Wildman–Crippen MR) is 105 cm³/mol. The van der Waals surface area contributed by atoms with Crippen LogP contribution >= 0.6 is 0 Å². The van der Waals surface area contributed by atoms with Gasteiger partial charge in [0.1, 0.15) is 6.04 Å². The van der Waals surface area contributed by atoms with Gasteiger partial charge in [-0.2, -0.15) is 4.31 Å². The van der Waals surface area contributed by atoms with Gasteiger partial charge < -0.3 is 9.47 Å². The van der Waals surface area contributed by atoms with Crippen LogP contribution in [0.4, 0.5) is 0 Å². The molecule has 0 spiro atoms. The monoisotopic (exact) mass is 389 g/mol. The molecule has 4 rings (SSSR count). The normalized spacial score (nSPS) is 20.3. The Morgan fingerprint density at radius 1 is 0.963 bits per heavy atom. The van der Waals surface area contributed by atoms with E-state index in [1.807, 2.05) is 34.7 Å². The van der Waals surface area contributed by atoms with Crippen molar-refractivity contribution in [3.8, 4) is 0 Å². The van der Waals surface area contributed by atoms with Gasteiger partial charge in [-0.15, -0.1) is 0 Å². The number of sulfonamides is 1. The zero-order valence-electron chi connectivity index (χ0n) is 15.8. The minimum Gasteiger partial charge on any atom is -0.341 e. The van der Waals surface area contributed by atoms with Gasteiger partial charge in [0.25, 0.3) is 0 Å². The fourth-order valence-corrected chi connectivity index (χ4v) is 5.77. The first kappa shape index (κ1) is 18.5. The molecule has 146 valence electrons. The van der Waals surface area contributed by atoms with Crippen LogP contribution in [0.3, 0.4) is 0 Å². The second-order valence-electron chi connectivity index (χ2n) is 7.62. The number of likely N-dealkylation sites (tertiary alicyclic amines) is 1. The Labute approximate surface area is 160 Å². The average molecular weight is 390 g/mol. The van der Waals surface area contributed by atoms with Gasteiger partial charge in [-0.3, -0.25) is 4.79 Å². The van der Waals surface area contributed by atoms with E-state index in [4.69, 9.17) is 0 Å². The molecule has 2 saturated heterocycles. The lowest BCUT2D eigenvalue weighted by atomic mass is 10.1. The van der Waals surface area contributed by atoms with Crippen LogP contribution in [0.25, 0.3) is 10.9 Å².